The number of carbonyl (C=O) groups excluding carboxylic acids is 1. The molecule has 72 valence electrons. The van der Waals surface area contributed by atoms with Crippen molar-refractivity contribution >= 4 is 11.8 Å². The van der Waals surface area contributed by atoms with Gasteiger partial charge in [0.05, 0.1) is 7.11 Å². The molecule has 0 amide bonds. The summed E-state index contributed by atoms with van der Waals surface area (Å²) >= 11 is 0. The van der Waals surface area contributed by atoms with Crippen LogP contribution in [0.2, 0.25) is 0 Å². The first-order valence-electron chi connectivity index (χ1n) is 4.10. The van der Waals surface area contributed by atoms with Crippen molar-refractivity contribution in [2.45, 2.75) is 19.9 Å². The Labute approximate surface area is 76.5 Å². The van der Waals surface area contributed by atoms with Crippen LogP contribution in [-0.4, -0.2) is 22.9 Å². The predicted octanol–water partition coefficient (Wildman–Crippen LogP) is 0.662. The minimum absolute atomic E-state index is 0.342. The summed E-state index contributed by atoms with van der Waals surface area (Å²) in [5.41, 5.74) is 5.87. The zero-order chi connectivity index (χ0) is 9.84. The molecule has 0 fully saturated rings. The maximum atomic E-state index is 11.2. The summed E-state index contributed by atoms with van der Waals surface area (Å²) in [5.74, 6) is -0.0634. The molecule has 0 saturated heterocycles. The van der Waals surface area contributed by atoms with Crippen LogP contribution in [0.5, 0.6) is 0 Å². The number of carbonyl (C=O) groups is 1. The van der Waals surface area contributed by atoms with Crippen LogP contribution in [0.4, 0.5) is 5.82 Å². The summed E-state index contributed by atoms with van der Waals surface area (Å²) in [6.07, 6.45) is 0.894. The number of methoxy groups -OCH3 is 1. The van der Waals surface area contributed by atoms with E-state index in [2.05, 4.69) is 9.84 Å². The smallest absolute Gasteiger partial charge is 0.356 e. The number of aryl methyl sites for hydroxylation is 1. The normalized spacial score (nSPS) is 10.0. The van der Waals surface area contributed by atoms with Gasteiger partial charge in [-0.15, -0.1) is 0 Å². The summed E-state index contributed by atoms with van der Waals surface area (Å²) in [7, 11) is 1.34. The Morgan fingerprint density at radius 2 is 2.46 bits per heavy atom. The Kier molecular flexibility index (Phi) is 2.89. The highest BCUT2D eigenvalue weighted by Gasteiger charge is 2.13. The molecule has 0 bridgehead atoms. The van der Waals surface area contributed by atoms with E-state index < -0.39 is 5.97 Å². The van der Waals surface area contributed by atoms with Crippen molar-refractivity contribution in [2.75, 3.05) is 12.8 Å². The Balaban J connectivity index is 2.96. The second kappa shape index (κ2) is 3.93. The van der Waals surface area contributed by atoms with Gasteiger partial charge in [-0.2, -0.15) is 5.10 Å². The number of aromatic nitrogens is 2. The van der Waals surface area contributed by atoms with Gasteiger partial charge in [0.2, 0.25) is 0 Å². The minimum Gasteiger partial charge on any atom is -0.464 e. The van der Waals surface area contributed by atoms with Gasteiger partial charge >= 0.3 is 5.97 Å². The van der Waals surface area contributed by atoms with Crippen LogP contribution in [0.25, 0.3) is 0 Å². The van der Waals surface area contributed by atoms with E-state index in [0.717, 1.165) is 6.42 Å². The molecule has 0 saturated carbocycles. The van der Waals surface area contributed by atoms with Crippen LogP contribution in [0.3, 0.4) is 0 Å². The molecule has 1 heterocycles. The largest absolute Gasteiger partial charge is 0.464 e. The average Bonchev–Trinajstić information content (AvgIpc) is 2.46. The molecule has 5 nitrogen and oxygen atoms in total. The third-order valence-electron chi connectivity index (χ3n) is 1.63. The third kappa shape index (κ3) is 1.99. The lowest BCUT2D eigenvalue weighted by molar-refractivity contribution is 0.0586. The van der Waals surface area contributed by atoms with E-state index >= 15 is 0 Å². The molecule has 1 aromatic heterocycles. The molecule has 0 atom stereocenters. The molecular weight excluding hydrogens is 170 g/mol. The van der Waals surface area contributed by atoms with Crippen molar-refractivity contribution in [3.05, 3.63) is 11.8 Å². The van der Waals surface area contributed by atoms with Crippen molar-refractivity contribution < 1.29 is 9.53 Å². The van der Waals surface area contributed by atoms with Gasteiger partial charge in [-0.05, 0) is 6.42 Å². The summed E-state index contributed by atoms with van der Waals surface area (Å²) in [5, 5.41) is 3.96. The number of hydrogen-bond donors (Lipinski definition) is 1. The number of nitrogens with zero attached hydrogens (tertiary/aromatic N) is 2. The number of rotatable bonds is 3. The first-order chi connectivity index (χ1) is 6.19. The number of esters is 1. The van der Waals surface area contributed by atoms with E-state index in [1.165, 1.54) is 13.2 Å². The molecule has 2 N–H and O–H groups in total. The van der Waals surface area contributed by atoms with Crippen LogP contribution in [0, 0.1) is 0 Å². The molecule has 0 unspecified atom stereocenters. The molecule has 0 aliphatic heterocycles. The highest BCUT2D eigenvalue weighted by atomic mass is 16.5. The minimum atomic E-state index is -0.405. The molecular formula is C8H13N3O2. The van der Waals surface area contributed by atoms with E-state index in [1.807, 2.05) is 6.92 Å². The molecule has 0 spiro atoms. The molecule has 0 aliphatic carbocycles. The van der Waals surface area contributed by atoms with Crippen LogP contribution in [0.1, 0.15) is 23.8 Å². The Morgan fingerprint density at radius 1 is 1.77 bits per heavy atom. The van der Waals surface area contributed by atoms with Crippen LogP contribution < -0.4 is 5.73 Å². The van der Waals surface area contributed by atoms with Gasteiger partial charge in [0.15, 0.2) is 0 Å². The number of hydrogen-bond acceptors (Lipinski definition) is 4. The molecule has 1 aromatic rings. The summed E-state index contributed by atoms with van der Waals surface area (Å²) < 4.78 is 6.14. The lowest BCUT2D eigenvalue weighted by atomic mass is 10.4. The van der Waals surface area contributed by atoms with E-state index in [4.69, 9.17) is 5.73 Å². The molecule has 5 heteroatoms. The maximum Gasteiger partial charge on any atom is 0.356 e. The summed E-state index contributed by atoms with van der Waals surface area (Å²) in [6, 6.07) is 1.52. The van der Waals surface area contributed by atoms with Crippen molar-refractivity contribution in [1.82, 2.24) is 9.78 Å². The van der Waals surface area contributed by atoms with E-state index in [-0.39, 0.29) is 0 Å². The van der Waals surface area contributed by atoms with Gasteiger partial charge in [-0.25, -0.2) is 4.79 Å². The summed E-state index contributed by atoms with van der Waals surface area (Å²) in [4.78, 5) is 11.2. The Morgan fingerprint density at radius 3 is 3.00 bits per heavy atom. The predicted molar refractivity (Wildman–Crippen MR) is 48.3 cm³/mol. The molecule has 0 aliphatic rings. The maximum absolute atomic E-state index is 11.2. The SMILES string of the molecule is CCCn1nc(N)cc1C(=O)OC. The molecule has 0 radical (unpaired) electrons. The van der Waals surface area contributed by atoms with Crippen molar-refractivity contribution in [3.8, 4) is 0 Å². The highest BCUT2D eigenvalue weighted by molar-refractivity contribution is 5.88. The van der Waals surface area contributed by atoms with Gasteiger partial charge in [-0.1, -0.05) is 6.92 Å². The Bertz CT molecular complexity index is 306. The molecule has 1 rings (SSSR count). The standard InChI is InChI=1S/C8H13N3O2/c1-3-4-11-6(8(12)13-2)5-7(9)10-11/h5H,3-4H2,1-2H3,(H2,9,10). The van der Waals surface area contributed by atoms with Crippen molar-refractivity contribution in [1.29, 1.82) is 0 Å². The lowest BCUT2D eigenvalue weighted by Crippen LogP contribution is -2.11. The zero-order valence-corrected chi connectivity index (χ0v) is 7.78. The van der Waals surface area contributed by atoms with Crippen LogP contribution >= 0.6 is 0 Å². The van der Waals surface area contributed by atoms with Gasteiger partial charge < -0.3 is 10.5 Å². The number of nitrogens with two attached hydrogens (primary N) is 1. The summed E-state index contributed by atoms with van der Waals surface area (Å²) in [6.45, 7) is 2.67. The number of anilines is 1. The number of ether oxygens (including phenoxy) is 1. The van der Waals surface area contributed by atoms with Gasteiger partial charge in [-0.3, -0.25) is 4.68 Å². The fourth-order valence-electron chi connectivity index (χ4n) is 1.09. The van der Waals surface area contributed by atoms with Gasteiger partial charge in [0.25, 0.3) is 0 Å². The second-order valence-electron chi connectivity index (χ2n) is 2.67. The van der Waals surface area contributed by atoms with E-state index in [9.17, 15) is 4.79 Å². The first kappa shape index (κ1) is 9.57. The van der Waals surface area contributed by atoms with Crippen LogP contribution in [-0.2, 0) is 11.3 Å². The van der Waals surface area contributed by atoms with E-state index in [1.54, 1.807) is 4.68 Å². The van der Waals surface area contributed by atoms with Crippen molar-refractivity contribution in [3.63, 3.8) is 0 Å². The Hall–Kier alpha value is -1.52. The zero-order valence-electron chi connectivity index (χ0n) is 7.78. The second-order valence-corrected chi connectivity index (χ2v) is 2.67. The lowest BCUT2D eigenvalue weighted by Gasteiger charge is -2.02. The van der Waals surface area contributed by atoms with Gasteiger partial charge in [0.1, 0.15) is 11.5 Å². The fraction of sp³-hybridized carbons (Fsp3) is 0.500. The monoisotopic (exact) mass is 183 g/mol. The third-order valence-corrected chi connectivity index (χ3v) is 1.63. The van der Waals surface area contributed by atoms with Crippen LogP contribution in [0.15, 0.2) is 6.07 Å². The highest BCUT2D eigenvalue weighted by Crippen LogP contribution is 2.07. The van der Waals surface area contributed by atoms with E-state index in [0.29, 0.717) is 18.1 Å². The van der Waals surface area contributed by atoms with Gasteiger partial charge in [0, 0.05) is 12.6 Å². The molecule has 0 aromatic carbocycles. The fourth-order valence-corrected chi connectivity index (χ4v) is 1.09. The average molecular weight is 183 g/mol. The first-order valence-corrected chi connectivity index (χ1v) is 4.10. The topological polar surface area (TPSA) is 70.1 Å². The number of nitrogen functional groups attached to an aromatic ring is 1. The quantitative estimate of drug-likeness (QED) is 0.699. The van der Waals surface area contributed by atoms with Crippen molar-refractivity contribution in [2.24, 2.45) is 0 Å². The molecule has 13 heavy (non-hydrogen) atoms.